The molecule has 10 heteroatoms. The van der Waals surface area contributed by atoms with Gasteiger partial charge in [0.05, 0.1) is 11.8 Å². The summed E-state index contributed by atoms with van der Waals surface area (Å²) in [6.45, 7) is 1.47. The summed E-state index contributed by atoms with van der Waals surface area (Å²) in [5, 5.41) is 6.54. The molecule has 0 aliphatic carbocycles. The first-order valence-corrected chi connectivity index (χ1v) is 13.3. The number of anilines is 1. The molecule has 0 radical (unpaired) electrons. The van der Waals surface area contributed by atoms with Crippen molar-refractivity contribution >= 4 is 70.8 Å². The number of amides is 1. The monoisotopic (exact) mass is 609 g/mol. The Balaban J connectivity index is 1.57. The molecule has 1 aliphatic rings. The zero-order valence-electron chi connectivity index (χ0n) is 17.3. The maximum atomic E-state index is 12.8. The predicted octanol–water partition coefficient (Wildman–Crippen LogP) is 6.36. The molecule has 4 rings (SSSR count). The number of nitrogens with zero attached hydrogens (tertiary/aromatic N) is 2. The number of hydrazone groups is 1. The van der Waals surface area contributed by atoms with Crippen molar-refractivity contribution in [1.29, 1.82) is 0 Å². The van der Waals surface area contributed by atoms with Crippen LogP contribution < -0.4 is 4.72 Å². The maximum Gasteiger partial charge on any atom is 0.263 e. The molecule has 0 saturated heterocycles. The molecule has 6 nitrogen and oxygen atoms in total. The minimum Gasteiger partial charge on any atom is -0.280 e. The third kappa shape index (κ3) is 5.16. The Hall–Kier alpha value is -2.20. The molecule has 3 aromatic carbocycles. The van der Waals surface area contributed by atoms with Crippen LogP contribution in [0.25, 0.3) is 0 Å². The van der Waals surface area contributed by atoms with Crippen LogP contribution in [0.15, 0.2) is 85.7 Å². The Morgan fingerprint density at radius 3 is 2.45 bits per heavy atom. The third-order valence-electron chi connectivity index (χ3n) is 5.15. The number of sulfonamides is 1. The fraction of sp³-hybridized carbons (Fsp3) is 0.130. The summed E-state index contributed by atoms with van der Waals surface area (Å²) in [6.07, 6.45) is 0.499. The van der Waals surface area contributed by atoms with Crippen molar-refractivity contribution < 1.29 is 13.2 Å². The summed E-state index contributed by atoms with van der Waals surface area (Å²) in [6, 6.07) is 18.9. The Bertz CT molecular complexity index is 1360. The quantitative estimate of drug-likeness (QED) is 0.365. The Kier molecular flexibility index (Phi) is 6.95. The Morgan fingerprint density at radius 1 is 1.09 bits per heavy atom. The molecule has 0 saturated carbocycles. The van der Waals surface area contributed by atoms with Crippen LogP contribution in [0.3, 0.4) is 0 Å². The molecule has 1 unspecified atom stereocenters. The summed E-state index contributed by atoms with van der Waals surface area (Å²) in [4.78, 5) is 12.3. The third-order valence-corrected chi connectivity index (χ3v) is 8.36. The van der Waals surface area contributed by atoms with Gasteiger partial charge in [-0.1, -0.05) is 57.9 Å². The van der Waals surface area contributed by atoms with Crippen LogP contribution in [0.5, 0.6) is 0 Å². The normalized spacial score (nSPS) is 15.9. The average Bonchev–Trinajstić information content (AvgIpc) is 3.21. The topological polar surface area (TPSA) is 78.8 Å². The minimum absolute atomic E-state index is 0.126. The fourth-order valence-corrected chi connectivity index (χ4v) is 6.41. The molecule has 0 fully saturated rings. The lowest BCUT2D eigenvalue weighted by Crippen LogP contribution is -2.24. The van der Waals surface area contributed by atoms with Gasteiger partial charge in [0.15, 0.2) is 0 Å². The number of nitrogens with one attached hydrogen (secondary N) is 1. The molecule has 0 spiro atoms. The average molecular weight is 612 g/mol. The second-order valence-electron chi connectivity index (χ2n) is 7.41. The van der Waals surface area contributed by atoms with E-state index in [0.29, 0.717) is 26.1 Å². The molecule has 170 valence electrons. The number of hydrogen-bond acceptors (Lipinski definition) is 4. The lowest BCUT2D eigenvalue weighted by molar-refractivity contribution is -0.130. The molecule has 1 N–H and O–H groups in total. The lowest BCUT2D eigenvalue weighted by Gasteiger charge is -2.21. The zero-order valence-corrected chi connectivity index (χ0v) is 22.0. The largest absolute Gasteiger partial charge is 0.280 e. The Morgan fingerprint density at radius 2 is 1.79 bits per heavy atom. The second kappa shape index (κ2) is 9.58. The number of halogens is 3. The molecule has 1 aliphatic heterocycles. The van der Waals surface area contributed by atoms with Crippen molar-refractivity contribution in [3.63, 3.8) is 0 Å². The van der Waals surface area contributed by atoms with Gasteiger partial charge in [0.2, 0.25) is 5.91 Å². The maximum absolute atomic E-state index is 12.8. The van der Waals surface area contributed by atoms with E-state index in [-0.39, 0.29) is 16.8 Å². The number of rotatable bonds is 5. The van der Waals surface area contributed by atoms with Gasteiger partial charge in [-0.3, -0.25) is 9.52 Å². The van der Waals surface area contributed by atoms with Crippen LogP contribution >= 0.6 is 43.5 Å². The van der Waals surface area contributed by atoms with Gasteiger partial charge in [-0.25, -0.2) is 13.4 Å². The highest BCUT2D eigenvalue weighted by Crippen LogP contribution is 2.36. The van der Waals surface area contributed by atoms with E-state index in [1.54, 1.807) is 42.5 Å². The minimum atomic E-state index is -3.79. The molecule has 3 aromatic rings. The van der Waals surface area contributed by atoms with E-state index in [0.717, 1.165) is 16.8 Å². The molecule has 0 aromatic heterocycles. The van der Waals surface area contributed by atoms with Gasteiger partial charge in [-0.15, -0.1) is 0 Å². The van der Waals surface area contributed by atoms with Gasteiger partial charge in [0, 0.05) is 33.0 Å². The number of benzene rings is 3. The molecule has 1 amide bonds. The van der Waals surface area contributed by atoms with Gasteiger partial charge in [0.25, 0.3) is 10.0 Å². The smallest absolute Gasteiger partial charge is 0.263 e. The summed E-state index contributed by atoms with van der Waals surface area (Å²) in [7, 11) is -3.79. The van der Waals surface area contributed by atoms with E-state index >= 15 is 0 Å². The van der Waals surface area contributed by atoms with Gasteiger partial charge < -0.3 is 0 Å². The van der Waals surface area contributed by atoms with Gasteiger partial charge >= 0.3 is 0 Å². The molecule has 33 heavy (non-hydrogen) atoms. The highest BCUT2D eigenvalue weighted by atomic mass is 79.9. The zero-order chi connectivity index (χ0) is 23.8. The van der Waals surface area contributed by atoms with E-state index in [9.17, 15) is 13.2 Å². The van der Waals surface area contributed by atoms with Crippen LogP contribution in [-0.4, -0.2) is 25.0 Å². The Labute approximate surface area is 214 Å². The predicted molar refractivity (Wildman–Crippen MR) is 137 cm³/mol. The molecular weight excluding hydrogens is 594 g/mol. The van der Waals surface area contributed by atoms with Crippen LogP contribution in [0, 0.1) is 0 Å². The van der Waals surface area contributed by atoms with Crippen molar-refractivity contribution in [3.05, 3.63) is 91.8 Å². The van der Waals surface area contributed by atoms with Crippen LogP contribution in [-0.2, 0) is 14.8 Å². The summed E-state index contributed by atoms with van der Waals surface area (Å²) >= 11 is 12.9. The first kappa shape index (κ1) is 23.9. The van der Waals surface area contributed by atoms with E-state index in [2.05, 4.69) is 41.7 Å². The van der Waals surface area contributed by atoms with E-state index in [1.807, 2.05) is 18.2 Å². The van der Waals surface area contributed by atoms with E-state index < -0.39 is 10.0 Å². The summed E-state index contributed by atoms with van der Waals surface area (Å²) in [5.74, 6) is -0.182. The van der Waals surface area contributed by atoms with Crippen molar-refractivity contribution in [1.82, 2.24) is 5.01 Å². The van der Waals surface area contributed by atoms with Crippen molar-refractivity contribution in [2.75, 3.05) is 4.72 Å². The van der Waals surface area contributed by atoms with Crippen molar-refractivity contribution in [2.24, 2.45) is 5.10 Å². The van der Waals surface area contributed by atoms with E-state index in [1.165, 1.54) is 18.0 Å². The standard InChI is InChI=1S/C23H18Br2ClN3O3S/c1-14(30)29-22(18-4-2-3-5-20(18)26)13-21(27-29)15-6-9-17(10-7-15)28-33(31,32)23-12-16(24)8-11-19(23)25/h2-12,22,28H,13H2,1H3. The highest BCUT2D eigenvalue weighted by molar-refractivity contribution is 9.11. The van der Waals surface area contributed by atoms with Crippen molar-refractivity contribution in [2.45, 2.75) is 24.3 Å². The van der Waals surface area contributed by atoms with Crippen LogP contribution in [0.2, 0.25) is 5.02 Å². The second-order valence-corrected chi connectivity index (χ2v) is 11.2. The van der Waals surface area contributed by atoms with Gasteiger partial charge in [0.1, 0.15) is 4.90 Å². The number of carbonyl (C=O) groups is 1. The SMILES string of the molecule is CC(=O)N1N=C(c2ccc(NS(=O)(=O)c3cc(Br)ccc3Br)cc2)CC1c1ccccc1Cl. The molecular formula is C23H18Br2ClN3O3S. The summed E-state index contributed by atoms with van der Waals surface area (Å²) in [5.41, 5.74) is 2.76. The molecule has 1 atom stereocenters. The first-order chi connectivity index (χ1) is 15.7. The number of carbonyl (C=O) groups excluding carboxylic acids is 1. The van der Waals surface area contributed by atoms with Crippen molar-refractivity contribution in [3.8, 4) is 0 Å². The first-order valence-electron chi connectivity index (χ1n) is 9.86. The van der Waals surface area contributed by atoms with E-state index in [4.69, 9.17) is 11.6 Å². The fourth-order valence-electron chi connectivity index (χ4n) is 3.59. The van der Waals surface area contributed by atoms with Gasteiger partial charge in [-0.05, 0) is 63.5 Å². The molecule has 0 bridgehead atoms. The number of hydrogen-bond donors (Lipinski definition) is 1. The van der Waals surface area contributed by atoms with Crippen LogP contribution in [0.4, 0.5) is 5.69 Å². The highest BCUT2D eigenvalue weighted by Gasteiger charge is 2.32. The van der Waals surface area contributed by atoms with Gasteiger partial charge in [-0.2, -0.15) is 5.10 Å². The molecule has 1 heterocycles. The lowest BCUT2D eigenvalue weighted by atomic mass is 9.98. The summed E-state index contributed by atoms with van der Waals surface area (Å²) < 4.78 is 29.4. The van der Waals surface area contributed by atoms with Crippen LogP contribution in [0.1, 0.15) is 30.5 Å².